The fourth-order valence-corrected chi connectivity index (χ4v) is 2.79. The van der Waals surface area contributed by atoms with E-state index in [1.165, 1.54) is 6.42 Å². The summed E-state index contributed by atoms with van der Waals surface area (Å²) in [4.78, 5) is 11.7. The Morgan fingerprint density at radius 1 is 1.44 bits per heavy atom. The summed E-state index contributed by atoms with van der Waals surface area (Å²) in [6.45, 7) is 2.35. The Morgan fingerprint density at radius 3 is 2.62 bits per heavy atom. The zero-order valence-electron chi connectivity index (χ0n) is 10.3. The van der Waals surface area contributed by atoms with Crippen LogP contribution in [0.25, 0.3) is 0 Å². The number of hydrogen-bond acceptors (Lipinski definition) is 3. The van der Waals surface area contributed by atoms with E-state index in [0.29, 0.717) is 6.54 Å². The Hall–Kier alpha value is -0.220. The number of hydrogen-bond donors (Lipinski definition) is 2. The molecule has 1 rings (SSSR count). The van der Waals surface area contributed by atoms with Crippen LogP contribution < -0.4 is 5.32 Å². The lowest BCUT2D eigenvalue weighted by atomic mass is 9.85. The molecular formula is C12H23NO2S. The second-order valence-corrected chi connectivity index (χ2v) is 5.77. The van der Waals surface area contributed by atoms with Crippen LogP contribution in [0.1, 0.15) is 39.0 Å². The Balaban J connectivity index is 2.29. The molecule has 0 aromatic rings. The minimum absolute atomic E-state index is 0.0298. The molecule has 0 radical (unpaired) electrons. The maximum Gasteiger partial charge on any atom is 0.223 e. The van der Waals surface area contributed by atoms with Crippen LogP contribution in [-0.4, -0.2) is 35.2 Å². The number of aliphatic hydroxyl groups is 1. The molecule has 0 saturated heterocycles. The summed E-state index contributed by atoms with van der Waals surface area (Å²) >= 11 is 1.68. The molecule has 16 heavy (non-hydrogen) atoms. The van der Waals surface area contributed by atoms with E-state index >= 15 is 0 Å². The topological polar surface area (TPSA) is 49.3 Å². The summed E-state index contributed by atoms with van der Waals surface area (Å²) < 4.78 is 0. The Bertz CT molecular complexity index is 227. The number of carbonyl (C=O) groups excluding carboxylic acids is 1. The van der Waals surface area contributed by atoms with Crippen molar-refractivity contribution in [3.8, 4) is 0 Å². The first-order valence-corrected chi connectivity index (χ1v) is 7.46. The molecule has 0 aromatic heterocycles. The van der Waals surface area contributed by atoms with Gasteiger partial charge in [0.15, 0.2) is 0 Å². The van der Waals surface area contributed by atoms with Gasteiger partial charge in [0.1, 0.15) is 0 Å². The first kappa shape index (κ1) is 13.8. The summed E-state index contributed by atoms with van der Waals surface area (Å²) in [5.74, 6) is 0.931. The van der Waals surface area contributed by atoms with Crippen molar-refractivity contribution >= 4 is 17.7 Å². The van der Waals surface area contributed by atoms with E-state index < -0.39 is 5.60 Å². The third-order valence-electron chi connectivity index (χ3n) is 3.24. The van der Waals surface area contributed by atoms with E-state index in [0.717, 1.165) is 31.4 Å². The van der Waals surface area contributed by atoms with Crippen molar-refractivity contribution in [1.82, 2.24) is 5.32 Å². The highest BCUT2D eigenvalue weighted by Crippen LogP contribution is 2.27. The van der Waals surface area contributed by atoms with Gasteiger partial charge in [0.2, 0.25) is 5.91 Å². The summed E-state index contributed by atoms with van der Waals surface area (Å²) in [6.07, 6.45) is 7.01. The molecule has 94 valence electrons. The van der Waals surface area contributed by atoms with Gasteiger partial charge in [-0.25, -0.2) is 0 Å². The standard InChI is InChI=1S/C12H23NO2S/c1-10(8-16-2)11(14)13-9-12(15)6-4-3-5-7-12/h10,15H,3-9H2,1-2H3,(H,13,14). The lowest BCUT2D eigenvalue weighted by Crippen LogP contribution is -2.45. The van der Waals surface area contributed by atoms with Crippen molar-refractivity contribution in [1.29, 1.82) is 0 Å². The lowest BCUT2D eigenvalue weighted by molar-refractivity contribution is -0.125. The van der Waals surface area contributed by atoms with E-state index in [-0.39, 0.29) is 11.8 Å². The van der Waals surface area contributed by atoms with Crippen molar-refractivity contribution in [2.45, 2.75) is 44.6 Å². The van der Waals surface area contributed by atoms with Gasteiger partial charge in [-0.05, 0) is 19.1 Å². The van der Waals surface area contributed by atoms with Crippen LogP contribution in [0.2, 0.25) is 0 Å². The molecule has 1 aliphatic carbocycles. The lowest BCUT2D eigenvalue weighted by Gasteiger charge is -2.32. The molecule has 0 bridgehead atoms. The molecule has 0 aliphatic heterocycles. The van der Waals surface area contributed by atoms with Crippen LogP contribution in [0, 0.1) is 5.92 Å². The second-order valence-electron chi connectivity index (χ2n) is 4.86. The van der Waals surface area contributed by atoms with Gasteiger partial charge in [0.25, 0.3) is 0 Å². The van der Waals surface area contributed by atoms with Crippen molar-refractivity contribution in [2.24, 2.45) is 5.92 Å². The predicted octanol–water partition coefficient (Wildman–Crippen LogP) is 1.80. The third-order valence-corrected chi connectivity index (χ3v) is 4.07. The zero-order chi connectivity index (χ0) is 12.0. The first-order valence-electron chi connectivity index (χ1n) is 6.06. The van der Waals surface area contributed by atoms with Crippen molar-refractivity contribution in [3.05, 3.63) is 0 Å². The number of nitrogens with one attached hydrogen (secondary N) is 1. The average Bonchev–Trinajstić information content (AvgIpc) is 2.27. The average molecular weight is 245 g/mol. The highest BCUT2D eigenvalue weighted by Gasteiger charge is 2.29. The molecule has 2 N–H and O–H groups in total. The summed E-state index contributed by atoms with van der Waals surface area (Å²) in [6, 6.07) is 0. The quantitative estimate of drug-likeness (QED) is 0.776. The molecule has 1 aliphatic rings. The third kappa shape index (κ3) is 4.34. The molecule has 1 fully saturated rings. The van der Waals surface area contributed by atoms with Crippen molar-refractivity contribution in [2.75, 3.05) is 18.6 Å². The molecule has 1 saturated carbocycles. The molecule has 1 amide bonds. The van der Waals surface area contributed by atoms with Crippen LogP contribution in [0.15, 0.2) is 0 Å². The van der Waals surface area contributed by atoms with Crippen LogP contribution >= 0.6 is 11.8 Å². The van der Waals surface area contributed by atoms with E-state index in [1.54, 1.807) is 11.8 Å². The molecule has 3 nitrogen and oxygen atoms in total. The molecule has 1 atom stereocenters. The normalized spacial score (nSPS) is 21.4. The molecule has 0 aromatic carbocycles. The Labute approximate surface area is 102 Å². The summed E-state index contributed by atoms with van der Waals surface area (Å²) in [5, 5.41) is 13.1. The number of rotatable bonds is 5. The van der Waals surface area contributed by atoms with Gasteiger partial charge in [-0.15, -0.1) is 0 Å². The predicted molar refractivity (Wildman–Crippen MR) is 68.6 cm³/mol. The largest absolute Gasteiger partial charge is 0.388 e. The van der Waals surface area contributed by atoms with Gasteiger partial charge in [0, 0.05) is 18.2 Å². The fourth-order valence-electron chi connectivity index (χ4n) is 2.14. The van der Waals surface area contributed by atoms with Gasteiger partial charge in [-0.2, -0.15) is 11.8 Å². The highest BCUT2D eigenvalue weighted by atomic mass is 32.2. The summed E-state index contributed by atoms with van der Waals surface area (Å²) in [5.41, 5.74) is -0.646. The smallest absolute Gasteiger partial charge is 0.223 e. The number of amides is 1. The van der Waals surface area contributed by atoms with E-state index in [9.17, 15) is 9.90 Å². The zero-order valence-corrected chi connectivity index (χ0v) is 11.1. The molecular weight excluding hydrogens is 222 g/mol. The fraction of sp³-hybridized carbons (Fsp3) is 0.917. The Kier molecular flexibility index (Phi) is 5.62. The molecule has 1 unspecified atom stereocenters. The molecule has 0 heterocycles. The minimum Gasteiger partial charge on any atom is -0.388 e. The van der Waals surface area contributed by atoms with Gasteiger partial charge in [-0.1, -0.05) is 26.2 Å². The van der Waals surface area contributed by atoms with Gasteiger partial charge < -0.3 is 10.4 Å². The van der Waals surface area contributed by atoms with E-state index in [1.807, 2.05) is 13.2 Å². The van der Waals surface area contributed by atoms with Crippen molar-refractivity contribution < 1.29 is 9.90 Å². The van der Waals surface area contributed by atoms with Crippen LogP contribution in [0.5, 0.6) is 0 Å². The van der Waals surface area contributed by atoms with Crippen molar-refractivity contribution in [3.63, 3.8) is 0 Å². The van der Waals surface area contributed by atoms with Crippen LogP contribution in [0.3, 0.4) is 0 Å². The maximum atomic E-state index is 11.7. The number of carbonyl (C=O) groups is 1. The minimum atomic E-state index is -0.646. The summed E-state index contributed by atoms with van der Waals surface area (Å²) in [7, 11) is 0. The monoisotopic (exact) mass is 245 g/mol. The van der Waals surface area contributed by atoms with Crippen LogP contribution in [0.4, 0.5) is 0 Å². The van der Waals surface area contributed by atoms with Gasteiger partial charge in [0.05, 0.1) is 5.60 Å². The van der Waals surface area contributed by atoms with Gasteiger partial charge >= 0.3 is 0 Å². The van der Waals surface area contributed by atoms with E-state index in [2.05, 4.69) is 5.32 Å². The Morgan fingerprint density at radius 2 is 2.06 bits per heavy atom. The molecule has 0 spiro atoms. The highest BCUT2D eigenvalue weighted by molar-refractivity contribution is 7.98. The second kappa shape index (κ2) is 6.50. The maximum absolute atomic E-state index is 11.7. The first-order chi connectivity index (χ1) is 7.57. The number of thioether (sulfide) groups is 1. The van der Waals surface area contributed by atoms with E-state index in [4.69, 9.17) is 0 Å². The van der Waals surface area contributed by atoms with Gasteiger partial charge in [-0.3, -0.25) is 4.79 Å². The SMILES string of the molecule is CSCC(C)C(=O)NCC1(O)CCCCC1. The van der Waals surface area contributed by atoms with Crippen LogP contribution in [-0.2, 0) is 4.79 Å². The molecule has 4 heteroatoms.